The molecule has 1 aliphatic rings. The molecule has 5 heteroatoms. The number of fused-ring (bicyclic) bond motifs is 1. The van der Waals surface area contributed by atoms with Crippen molar-refractivity contribution in [3.05, 3.63) is 50.7 Å². The van der Waals surface area contributed by atoms with Crippen molar-refractivity contribution in [3.8, 4) is 0 Å². The molecule has 1 aromatic heterocycles. The number of nitrogens with two attached hydrogens (primary N) is 1. The Morgan fingerprint density at radius 2 is 2.21 bits per heavy atom. The van der Waals surface area contributed by atoms with E-state index in [2.05, 4.69) is 0 Å². The molecule has 0 saturated heterocycles. The van der Waals surface area contributed by atoms with Gasteiger partial charge in [0.05, 0.1) is 5.02 Å². The largest absolute Gasteiger partial charge is 0.398 e. The lowest BCUT2D eigenvalue weighted by Crippen LogP contribution is -2.36. The normalized spacial score (nSPS) is 14.3. The smallest absolute Gasteiger partial charge is 0.265 e. The molecule has 2 N–H and O–H groups in total. The number of halogens is 1. The lowest BCUT2D eigenvalue weighted by atomic mass is 9.98. The molecule has 0 spiro atoms. The number of hydrogen-bond donors (Lipinski definition) is 1. The van der Waals surface area contributed by atoms with Crippen LogP contribution >= 0.6 is 22.9 Å². The maximum Gasteiger partial charge on any atom is 0.265 e. The van der Waals surface area contributed by atoms with Crippen LogP contribution in [0.15, 0.2) is 29.6 Å². The first-order valence-electron chi connectivity index (χ1n) is 6.05. The van der Waals surface area contributed by atoms with Crippen LogP contribution in [0, 0.1) is 0 Å². The van der Waals surface area contributed by atoms with E-state index in [4.69, 9.17) is 17.3 Å². The Morgan fingerprint density at radius 3 is 2.95 bits per heavy atom. The monoisotopic (exact) mass is 292 g/mol. The van der Waals surface area contributed by atoms with Crippen LogP contribution in [0.5, 0.6) is 0 Å². The Bertz CT molecular complexity index is 638. The zero-order chi connectivity index (χ0) is 13.4. The fourth-order valence-corrected chi connectivity index (χ4v) is 3.51. The Kier molecular flexibility index (Phi) is 3.21. The highest BCUT2D eigenvalue weighted by molar-refractivity contribution is 7.12. The second kappa shape index (κ2) is 4.87. The van der Waals surface area contributed by atoms with E-state index in [1.54, 1.807) is 6.07 Å². The van der Waals surface area contributed by atoms with E-state index in [0.29, 0.717) is 23.0 Å². The minimum absolute atomic E-state index is 0.00748. The van der Waals surface area contributed by atoms with E-state index in [0.717, 1.165) is 17.7 Å². The number of carbonyl (C=O) groups is 1. The van der Waals surface area contributed by atoms with Crippen molar-refractivity contribution in [2.75, 3.05) is 12.3 Å². The van der Waals surface area contributed by atoms with Crippen molar-refractivity contribution in [3.63, 3.8) is 0 Å². The van der Waals surface area contributed by atoms with E-state index >= 15 is 0 Å². The van der Waals surface area contributed by atoms with Gasteiger partial charge >= 0.3 is 0 Å². The second-order valence-electron chi connectivity index (χ2n) is 4.56. The van der Waals surface area contributed by atoms with Gasteiger partial charge in [0, 0.05) is 18.8 Å². The average molecular weight is 293 g/mol. The summed E-state index contributed by atoms with van der Waals surface area (Å²) >= 11 is 7.41. The van der Waals surface area contributed by atoms with Crippen molar-refractivity contribution < 1.29 is 4.79 Å². The van der Waals surface area contributed by atoms with E-state index in [-0.39, 0.29) is 5.91 Å². The number of rotatable bonds is 1. The van der Waals surface area contributed by atoms with Gasteiger partial charge in [-0.3, -0.25) is 4.79 Å². The van der Waals surface area contributed by atoms with E-state index in [1.165, 1.54) is 16.9 Å². The Morgan fingerprint density at radius 1 is 1.37 bits per heavy atom. The summed E-state index contributed by atoms with van der Waals surface area (Å²) in [6, 6.07) is 7.63. The quantitative estimate of drug-likeness (QED) is 0.821. The zero-order valence-corrected chi connectivity index (χ0v) is 11.8. The second-order valence-corrected chi connectivity index (χ2v) is 5.88. The van der Waals surface area contributed by atoms with Crippen LogP contribution in [0.1, 0.15) is 20.8 Å². The van der Waals surface area contributed by atoms with Crippen LogP contribution in [0.25, 0.3) is 0 Å². The molecule has 0 aliphatic carbocycles. The summed E-state index contributed by atoms with van der Waals surface area (Å²) in [7, 11) is 0. The predicted octanol–water partition coefficient (Wildman–Crippen LogP) is 3.18. The Hall–Kier alpha value is -1.52. The first kappa shape index (κ1) is 12.5. The van der Waals surface area contributed by atoms with Crippen molar-refractivity contribution in [2.24, 2.45) is 0 Å². The summed E-state index contributed by atoms with van der Waals surface area (Å²) in [4.78, 5) is 14.8. The minimum atomic E-state index is 0.00748. The lowest BCUT2D eigenvalue weighted by molar-refractivity contribution is 0.0740. The summed E-state index contributed by atoms with van der Waals surface area (Å²) in [6.45, 7) is 1.29. The molecule has 0 saturated carbocycles. The number of carbonyl (C=O) groups excluding carboxylic acids is 1. The third-order valence-electron chi connectivity index (χ3n) is 3.40. The zero-order valence-electron chi connectivity index (χ0n) is 10.2. The summed E-state index contributed by atoms with van der Waals surface area (Å²) in [6.07, 6.45) is 0.802. The van der Waals surface area contributed by atoms with Crippen LogP contribution in [-0.4, -0.2) is 17.4 Å². The van der Waals surface area contributed by atoms with Gasteiger partial charge in [0.15, 0.2) is 0 Å². The van der Waals surface area contributed by atoms with Gasteiger partial charge in [0.2, 0.25) is 0 Å². The van der Waals surface area contributed by atoms with Gasteiger partial charge in [0.1, 0.15) is 4.88 Å². The topological polar surface area (TPSA) is 46.3 Å². The summed E-state index contributed by atoms with van der Waals surface area (Å²) in [5.41, 5.74) is 9.08. The molecular formula is C14H13ClN2OS. The number of amides is 1. The molecule has 19 heavy (non-hydrogen) atoms. The summed E-state index contributed by atoms with van der Waals surface area (Å²) < 4.78 is 0. The number of benzene rings is 1. The van der Waals surface area contributed by atoms with Gasteiger partial charge in [-0.1, -0.05) is 23.7 Å². The highest BCUT2D eigenvalue weighted by Gasteiger charge is 2.24. The fraction of sp³-hybridized carbons (Fsp3) is 0.214. The summed E-state index contributed by atoms with van der Waals surface area (Å²) in [5.74, 6) is 0.00748. The third kappa shape index (κ3) is 2.22. The van der Waals surface area contributed by atoms with Gasteiger partial charge in [-0.2, -0.15) is 0 Å². The highest BCUT2D eigenvalue weighted by atomic mass is 35.5. The van der Waals surface area contributed by atoms with E-state index in [9.17, 15) is 4.79 Å². The Balaban J connectivity index is 1.87. The number of hydrogen-bond acceptors (Lipinski definition) is 3. The van der Waals surface area contributed by atoms with Gasteiger partial charge in [-0.05, 0) is 35.1 Å². The van der Waals surface area contributed by atoms with Crippen molar-refractivity contribution >= 4 is 34.5 Å². The first-order chi connectivity index (χ1) is 9.16. The van der Waals surface area contributed by atoms with Crippen molar-refractivity contribution in [1.29, 1.82) is 0 Å². The maximum absolute atomic E-state index is 12.4. The average Bonchev–Trinajstić information content (AvgIpc) is 2.84. The van der Waals surface area contributed by atoms with Crippen LogP contribution < -0.4 is 5.73 Å². The highest BCUT2D eigenvalue weighted by Crippen LogP contribution is 2.28. The molecule has 0 fully saturated rings. The number of nitrogens with zero attached hydrogens (tertiary/aromatic N) is 1. The van der Waals surface area contributed by atoms with Crippen LogP contribution in [0.4, 0.5) is 5.69 Å². The van der Waals surface area contributed by atoms with Gasteiger partial charge in [-0.15, -0.1) is 11.3 Å². The molecule has 3 nitrogen and oxygen atoms in total. The molecule has 3 rings (SSSR count). The first-order valence-corrected chi connectivity index (χ1v) is 7.31. The molecule has 0 bridgehead atoms. The molecule has 98 valence electrons. The third-order valence-corrected chi connectivity index (χ3v) is 4.73. The Labute approximate surface area is 120 Å². The lowest BCUT2D eigenvalue weighted by Gasteiger charge is -2.29. The molecular weight excluding hydrogens is 280 g/mol. The molecule has 1 amide bonds. The number of thiophene rings is 1. The van der Waals surface area contributed by atoms with Crippen molar-refractivity contribution in [2.45, 2.75) is 13.0 Å². The van der Waals surface area contributed by atoms with Crippen LogP contribution in [0.3, 0.4) is 0 Å². The summed E-state index contributed by atoms with van der Waals surface area (Å²) in [5, 5.41) is 2.37. The van der Waals surface area contributed by atoms with Crippen molar-refractivity contribution in [1.82, 2.24) is 4.90 Å². The molecule has 0 atom stereocenters. The molecule has 0 radical (unpaired) electrons. The maximum atomic E-state index is 12.4. The fourth-order valence-electron chi connectivity index (χ4n) is 2.40. The van der Waals surface area contributed by atoms with Gasteiger partial charge in [-0.25, -0.2) is 0 Å². The molecule has 0 unspecified atom stereocenters. The molecule has 1 aliphatic heterocycles. The standard InChI is InChI=1S/C14H13ClN2OS/c15-11-5-7-19-13(11)14(18)17-6-4-10-9(8-17)2-1-3-12(10)16/h1-3,5,7H,4,6,8,16H2. The molecule has 2 heterocycles. The van der Waals surface area contributed by atoms with Crippen LogP contribution in [-0.2, 0) is 13.0 Å². The SMILES string of the molecule is Nc1cccc2c1CCN(C(=O)c1sccc1Cl)C2. The van der Waals surface area contributed by atoms with E-state index in [1.807, 2.05) is 28.5 Å². The molecule has 2 aromatic rings. The van der Waals surface area contributed by atoms with Crippen LogP contribution in [0.2, 0.25) is 5.02 Å². The van der Waals surface area contributed by atoms with E-state index < -0.39 is 0 Å². The number of anilines is 1. The van der Waals surface area contributed by atoms with Gasteiger partial charge in [0.25, 0.3) is 5.91 Å². The predicted molar refractivity (Wildman–Crippen MR) is 78.6 cm³/mol. The number of nitrogen functional groups attached to an aromatic ring is 1. The van der Waals surface area contributed by atoms with Gasteiger partial charge < -0.3 is 10.6 Å². The molecule has 1 aromatic carbocycles. The minimum Gasteiger partial charge on any atom is -0.398 e.